The summed E-state index contributed by atoms with van der Waals surface area (Å²) in [5.74, 6) is 0.976. The maximum Gasteiger partial charge on any atom is 0.263 e. The lowest BCUT2D eigenvalue weighted by atomic mass is 10.0. The third kappa shape index (κ3) is 2.68. The number of benzene rings is 1. The smallest absolute Gasteiger partial charge is 0.263 e. The number of piperidine rings is 1. The molecule has 1 amide bonds. The van der Waals surface area contributed by atoms with E-state index in [-0.39, 0.29) is 36.4 Å². The number of carbonyl (C=O) groups is 1. The van der Waals surface area contributed by atoms with Gasteiger partial charge < -0.3 is 19.8 Å². The van der Waals surface area contributed by atoms with Crippen molar-refractivity contribution in [3.8, 4) is 5.75 Å². The summed E-state index contributed by atoms with van der Waals surface area (Å²) in [6, 6.07) is 3.67. The van der Waals surface area contributed by atoms with Crippen molar-refractivity contribution in [2.45, 2.75) is 26.9 Å². The van der Waals surface area contributed by atoms with Crippen LogP contribution in [0.3, 0.4) is 0 Å². The van der Waals surface area contributed by atoms with Crippen molar-refractivity contribution in [1.82, 2.24) is 4.90 Å². The van der Waals surface area contributed by atoms with Crippen LogP contribution in [0.15, 0.2) is 12.1 Å². The van der Waals surface area contributed by atoms with E-state index in [2.05, 4.69) is 0 Å². The molecule has 3 rings (SSSR count). The minimum Gasteiger partial charge on any atom is -0.481 e. The Morgan fingerprint density at radius 2 is 1.79 bits per heavy atom. The van der Waals surface area contributed by atoms with Gasteiger partial charge in [-0.1, -0.05) is 11.6 Å². The molecule has 5 nitrogen and oxygen atoms in total. The zero-order chi connectivity index (χ0) is 17.6. The summed E-state index contributed by atoms with van der Waals surface area (Å²) in [6.45, 7) is 6.69. The van der Waals surface area contributed by atoms with Gasteiger partial charge in [-0.15, -0.1) is 0 Å². The SMILES string of the molecule is Cc1cc(OC(C)C(=O)N2CC3C(C2)C3(CO)CO)cc(C)c1Cl. The third-order valence-electron chi connectivity index (χ3n) is 5.66. The quantitative estimate of drug-likeness (QED) is 0.846. The number of aliphatic hydroxyl groups excluding tert-OH is 2. The van der Waals surface area contributed by atoms with Gasteiger partial charge in [0.1, 0.15) is 5.75 Å². The van der Waals surface area contributed by atoms with Crippen molar-refractivity contribution in [3.63, 3.8) is 0 Å². The van der Waals surface area contributed by atoms with E-state index in [1.807, 2.05) is 26.0 Å². The van der Waals surface area contributed by atoms with Crippen LogP contribution in [0.1, 0.15) is 18.1 Å². The van der Waals surface area contributed by atoms with Crippen LogP contribution in [0.4, 0.5) is 0 Å². The molecule has 3 atom stereocenters. The minimum atomic E-state index is -0.583. The van der Waals surface area contributed by atoms with E-state index in [4.69, 9.17) is 16.3 Å². The van der Waals surface area contributed by atoms with Crippen LogP contribution >= 0.6 is 11.6 Å². The Morgan fingerprint density at radius 1 is 1.29 bits per heavy atom. The van der Waals surface area contributed by atoms with Crippen LogP contribution in [0, 0.1) is 31.1 Å². The molecule has 0 bridgehead atoms. The van der Waals surface area contributed by atoms with Crippen LogP contribution in [0.25, 0.3) is 0 Å². The second-order valence-corrected chi connectivity index (χ2v) is 7.51. The highest BCUT2D eigenvalue weighted by Crippen LogP contribution is 2.62. The highest BCUT2D eigenvalue weighted by Gasteiger charge is 2.68. The number of carbonyl (C=O) groups excluding carboxylic acids is 1. The number of aliphatic hydroxyl groups is 2. The van der Waals surface area contributed by atoms with Gasteiger partial charge >= 0.3 is 0 Å². The van der Waals surface area contributed by atoms with Crippen molar-refractivity contribution < 1.29 is 19.7 Å². The van der Waals surface area contributed by atoms with Crippen molar-refractivity contribution >= 4 is 17.5 Å². The summed E-state index contributed by atoms with van der Waals surface area (Å²) < 4.78 is 5.81. The Balaban J connectivity index is 1.61. The molecule has 0 radical (unpaired) electrons. The second-order valence-electron chi connectivity index (χ2n) is 7.14. The van der Waals surface area contributed by atoms with Gasteiger partial charge in [-0.05, 0) is 55.9 Å². The second kappa shape index (κ2) is 6.21. The lowest BCUT2D eigenvalue weighted by Crippen LogP contribution is -2.42. The van der Waals surface area contributed by atoms with Gasteiger partial charge in [-0.3, -0.25) is 4.79 Å². The Hall–Kier alpha value is -1.30. The molecule has 1 saturated carbocycles. The van der Waals surface area contributed by atoms with Crippen LogP contribution in [0.2, 0.25) is 5.02 Å². The highest BCUT2D eigenvalue weighted by atomic mass is 35.5. The topological polar surface area (TPSA) is 70.0 Å². The van der Waals surface area contributed by atoms with Gasteiger partial charge in [0.15, 0.2) is 6.10 Å². The lowest BCUT2D eigenvalue weighted by Gasteiger charge is -2.27. The Kier molecular flexibility index (Phi) is 4.53. The number of aryl methyl sites for hydroxylation is 2. The van der Waals surface area contributed by atoms with Gasteiger partial charge in [-0.25, -0.2) is 0 Å². The molecular weight excluding hydrogens is 330 g/mol. The van der Waals surface area contributed by atoms with Gasteiger partial charge in [0, 0.05) is 23.5 Å². The molecule has 0 aromatic heterocycles. The first-order valence-corrected chi connectivity index (χ1v) is 8.65. The summed E-state index contributed by atoms with van der Waals surface area (Å²) in [7, 11) is 0. The van der Waals surface area contributed by atoms with E-state index < -0.39 is 6.10 Å². The van der Waals surface area contributed by atoms with Crippen molar-refractivity contribution in [1.29, 1.82) is 0 Å². The molecule has 1 heterocycles. The monoisotopic (exact) mass is 353 g/mol. The molecule has 1 aromatic carbocycles. The molecule has 1 aliphatic carbocycles. The third-order valence-corrected chi connectivity index (χ3v) is 6.25. The van der Waals surface area contributed by atoms with Crippen molar-refractivity contribution in [3.05, 3.63) is 28.3 Å². The van der Waals surface area contributed by atoms with Gasteiger partial charge in [-0.2, -0.15) is 0 Å². The van der Waals surface area contributed by atoms with Gasteiger partial charge in [0.2, 0.25) is 0 Å². The Labute approximate surface area is 147 Å². The number of likely N-dealkylation sites (tertiary alicyclic amines) is 1. The zero-order valence-electron chi connectivity index (χ0n) is 14.3. The molecule has 1 aromatic rings. The standard InChI is InChI=1S/C18H24ClNO4/c1-10-4-13(5-11(2)16(10)19)24-12(3)17(23)20-6-14-15(7-20)18(14,8-21)9-22/h4-5,12,14-15,21-22H,6-9H2,1-3H3. The fourth-order valence-electron chi connectivity index (χ4n) is 4.02. The average molecular weight is 354 g/mol. The van der Waals surface area contributed by atoms with E-state index in [0.717, 1.165) is 11.1 Å². The normalized spacial score (nSPS) is 25.3. The average Bonchev–Trinajstić information content (AvgIpc) is 2.91. The van der Waals surface area contributed by atoms with E-state index in [1.54, 1.807) is 11.8 Å². The Morgan fingerprint density at radius 3 is 2.25 bits per heavy atom. The maximum atomic E-state index is 12.6. The predicted molar refractivity (Wildman–Crippen MR) is 91.2 cm³/mol. The number of hydrogen-bond donors (Lipinski definition) is 2. The van der Waals surface area contributed by atoms with Crippen molar-refractivity contribution in [2.75, 3.05) is 26.3 Å². The summed E-state index contributed by atoms with van der Waals surface area (Å²) in [5.41, 5.74) is 1.46. The molecule has 1 saturated heterocycles. The van der Waals surface area contributed by atoms with E-state index >= 15 is 0 Å². The first kappa shape index (κ1) is 17.5. The molecule has 2 fully saturated rings. The largest absolute Gasteiger partial charge is 0.481 e. The molecule has 2 N–H and O–H groups in total. The molecular formula is C18H24ClNO4. The number of rotatable bonds is 5. The number of fused-ring (bicyclic) bond motifs is 1. The highest BCUT2D eigenvalue weighted by molar-refractivity contribution is 6.32. The Bertz CT molecular complexity index is 621. The van der Waals surface area contributed by atoms with Crippen LogP contribution < -0.4 is 4.74 Å². The molecule has 6 heteroatoms. The summed E-state index contributed by atoms with van der Waals surface area (Å²) in [6.07, 6.45) is -0.583. The van der Waals surface area contributed by atoms with E-state index in [1.165, 1.54) is 0 Å². The predicted octanol–water partition coefficient (Wildman–Crippen LogP) is 1.78. The number of ether oxygens (including phenoxy) is 1. The molecule has 0 spiro atoms. The zero-order valence-corrected chi connectivity index (χ0v) is 15.0. The van der Waals surface area contributed by atoms with E-state index in [0.29, 0.717) is 23.9 Å². The molecule has 3 unspecified atom stereocenters. The number of hydrogen-bond acceptors (Lipinski definition) is 4. The van der Waals surface area contributed by atoms with Gasteiger partial charge in [0.05, 0.1) is 13.2 Å². The minimum absolute atomic E-state index is 0.0176. The number of halogens is 1. The van der Waals surface area contributed by atoms with Crippen LogP contribution in [0.5, 0.6) is 5.75 Å². The fraction of sp³-hybridized carbons (Fsp3) is 0.611. The first-order valence-electron chi connectivity index (χ1n) is 8.28. The fourth-order valence-corrected chi connectivity index (χ4v) is 4.13. The molecule has 24 heavy (non-hydrogen) atoms. The maximum absolute atomic E-state index is 12.6. The van der Waals surface area contributed by atoms with Crippen molar-refractivity contribution in [2.24, 2.45) is 17.3 Å². The number of amides is 1. The summed E-state index contributed by atoms with van der Waals surface area (Å²) in [4.78, 5) is 14.4. The summed E-state index contributed by atoms with van der Waals surface area (Å²) in [5, 5.41) is 19.6. The molecule has 132 valence electrons. The van der Waals surface area contributed by atoms with Gasteiger partial charge in [0.25, 0.3) is 5.91 Å². The first-order chi connectivity index (χ1) is 11.3. The number of nitrogens with zero attached hydrogens (tertiary/aromatic N) is 1. The van der Waals surface area contributed by atoms with Crippen LogP contribution in [-0.2, 0) is 4.79 Å². The lowest BCUT2D eigenvalue weighted by molar-refractivity contribution is -0.138. The molecule has 2 aliphatic rings. The van der Waals surface area contributed by atoms with E-state index in [9.17, 15) is 15.0 Å². The summed E-state index contributed by atoms with van der Waals surface area (Å²) >= 11 is 6.16. The van der Waals surface area contributed by atoms with Crippen LogP contribution in [-0.4, -0.2) is 53.4 Å². The molecule has 1 aliphatic heterocycles.